The van der Waals surface area contributed by atoms with E-state index in [0.29, 0.717) is 6.42 Å². The van der Waals surface area contributed by atoms with Gasteiger partial charge < -0.3 is 16.5 Å². The number of nitrogen functional groups attached to an aromatic ring is 1. The second-order valence-electron chi connectivity index (χ2n) is 6.31. The van der Waals surface area contributed by atoms with Gasteiger partial charge in [0.2, 0.25) is 0 Å². The van der Waals surface area contributed by atoms with Crippen LogP contribution in [0.4, 0.5) is 11.9 Å². The van der Waals surface area contributed by atoms with Gasteiger partial charge >= 0.3 is 22.3 Å². The van der Waals surface area contributed by atoms with E-state index >= 15 is 0 Å². The molecule has 2 rings (SSSR count). The van der Waals surface area contributed by atoms with Crippen LogP contribution in [0.5, 0.6) is 0 Å². The van der Waals surface area contributed by atoms with Crippen LogP contribution in [-0.4, -0.2) is 34.5 Å². The minimum Gasteiger partial charge on any atom is -0.870 e. The van der Waals surface area contributed by atoms with Crippen molar-refractivity contribution in [3.05, 3.63) is 41.7 Å². The minimum atomic E-state index is -4.75. The van der Waals surface area contributed by atoms with Crippen LogP contribution in [-0.2, 0) is 23.2 Å². The zero-order chi connectivity index (χ0) is 19.9. The van der Waals surface area contributed by atoms with Gasteiger partial charge in [0.15, 0.2) is 0 Å². The highest BCUT2D eigenvalue weighted by Crippen LogP contribution is 2.10. The third-order valence-electron chi connectivity index (χ3n) is 3.83. The third-order valence-corrected chi connectivity index (χ3v) is 4.17. The molecule has 10 nitrogen and oxygen atoms in total. The van der Waals surface area contributed by atoms with E-state index in [4.69, 9.17) is 10.3 Å². The van der Waals surface area contributed by atoms with Crippen LogP contribution >= 0.6 is 0 Å². The molecule has 5 N–H and O–H groups in total. The van der Waals surface area contributed by atoms with Gasteiger partial charge in [0.1, 0.15) is 0 Å². The maximum Gasteiger partial charge on any atom is 0.474 e. The van der Waals surface area contributed by atoms with Crippen LogP contribution < -0.4 is 20.1 Å². The summed E-state index contributed by atoms with van der Waals surface area (Å²) in [6.45, 7) is 4.04. The molecule has 0 fully saturated rings. The molecule has 0 radical (unpaired) electrons. The summed E-state index contributed by atoms with van der Waals surface area (Å²) < 4.78 is 36.4. The Balaban J connectivity index is 0.00000392. The first-order chi connectivity index (χ1) is 12.8. The molecule has 2 aromatic rings. The van der Waals surface area contributed by atoms with Crippen LogP contribution in [0.25, 0.3) is 0 Å². The molecule has 11 heteroatoms. The van der Waals surface area contributed by atoms with Gasteiger partial charge in [-0.2, -0.15) is 8.42 Å². The molecule has 0 aliphatic heterocycles. The summed E-state index contributed by atoms with van der Waals surface area (Å²) in [5.74, 6) is 0.323. The number of benzene rings is 1. The number of aromatic nitrogens is 3. The molecule has 0 aliphatic carbocycles. The predicted octanol–water partition coefficient (Wildman–Crippen LogP) is 1.18. The predicted molar refractivity (Wildman–Crippen MR) is 103 cm³/mol. The van der Waals surface area contributed by atoms with Crippen molar-refractivity contribution in [2.45, 2.75) is 52.0 Å². The maximum atomic E-state index is 11.1. The quantitative estimate of drug-likeness (QED) is 0.295. The Morgan fingerprint density at radius 3 is 2.54 bits per heavy atom. The molecule has 0 bridgehead atoms. The summed E-state index contributed by atoms with van der Waals surface area (Å²) in [5, 5.41) is 3.17. The summed E-state index contributed by atoms with van der Waals surface area (Å²) in [6, 6.07) is 9.99. The van der Waals surface area contributed by atoms with E-state index < -0.39 is 10.4 Å². The van der Waals surface area contributed by atoms with Crippen LogP contribution in [0, 0.1) is 0 Å². The molecule has 0 saturated carbocycles. The number of nitrogens with one attached hydrogen (secondary N) is 1. The summed E-state index contributed by atoms with van der Waals surface area (Å²) in [6.07, 6.45) is 3.87. The molecule has 1 atom stereocenters. The fourth-order valence-corrected chi connectivity index (χ4v) is 3.00. The average molecular weight is 414 g/mol. The van der Waals surface area contributed by atoms with Crippen molar-refractivity contribution >= 4 is 22.3 Å². The van der Waals surface area contributed by atoms with E-state index in [-0.39, 0.29) is 29.2 Å². The van der Waals surface area contributed by atoms with Crippen molar-refractivity contribution in [1.29, 1.82) is 0 Å². The first-order valence-electron chi connectivity index (χ1n) is 8.84. The first kappa shape index (κ1) is 23.5. The second kappa shape index (κ2) is 10.7. The van der Waals surface area contributed by atoms with E-state index in [1.807, 2.05) is 37.3 Å². The SMILES string of the molecule is CCCCCc1nc(NC(C)Cc2ccccc2)nc(N)[n+]1OS(=O)(=O)O.[OH-]. The number of nitrogens with zero attached hydrogens (tertiary/aromatic N) is 3. The molecule has 156 valence electrons. The van der Waals surface area contributed by atoms with Gasteiger partial charge in [0.05, 0.1) is 0 Å². The topological polar surface area (TPSA) is 161 Å². The Bertz CT molecular complexity index is 849. The average Bonchev–Trinajstić information content (AvgIpc) is 2.58. The van der Waals surface area contributed by atoms with Gasteiger partial charge in [-0.3, -0.25) is 4.55 Å². The van der Waals surface area contributed by atoms with Crippen LogP contribution in [0.1, 0.15) is 44.5 Å². The Kier molecular flexibility index (Phi) is 9.03. The fourth-order valence-electron chi connectivity index (χ4n) is 2.65. The van der Waals surface area contributed by atoms with Gasteiger partial charge in [-0.15, -0.1) is 0 Å². The van der Waals surface area contributed by atoms with Crippen molar-refractivity contribution in [1.82, 2.24) is 9.97 Å². The third kappa shape index (κ3) is 7.62. The lowest BCUT2D eigenvalue weighted by Gasteiger charge is -2.13. The Labute approximate surface area is 165 Å². The zero-order valence-electron chi connectivity index (χ0n) is 15.9. The number of hydrogen-bond acceptors (Lipinski definition) is 8. The van der Waals surface area contributed by atoms with Crippen LogP contribution in [0.15, 0.2) is 30.3 Å². The van der Waals surface area contributed by atoms with Gasteiger partial charge in [-0.05, 0) is 30.1 Å². The van der Waals surface area contributed by atoms with Crippen LogP contribution in [0.2, 0.25) is 0 Å². The number of anilines is 2. The second-order valence-corrected chi connectivity index (χ2v) is 7.32. The summed E-state index contributed by atoms with van der Waals surface area (Å²) in [5.41, 5.74) is 6.99. The molecule has 0 saturated heterocycles. The maximum absolute atomic E-state index is 11.1. The van der Waals surface area contributed by atoms with Crippen LogP contribution in [0.3, 0.4) is 0 Å². The molecule has 1 aromatic heterocycles. The molecule has 1 heterocycles. The van der Waals surface area contributed by atoms with E-state index in [1.54, 1.807) is 0 Å². The molecule has 28 heavy (non-hydrogen) atoms. The summed E-state index contributed by atoms with van der Waals surface area (Å²) in [7, 11) is -4.75. The first-order valence-corrected chi connectivity index (χ1v) is 10.2. The van der Waals surface area contributed by atoms with Gasteiger partial charge in [0, 0.05) is 12.5 Å². The Morgan fingerprint density at radius 2 is 1.93 bits per heavy atom. The number of rotatable bonds is 10. The Hall–Kier alpha value is -2.50. The number of aryl methyl sites for hydroxylation is 1. The lowest BCUT2D eigenvalue weighted by Crippen LogP contribution is -2.52. The number of nitrogens with two attached hydrogens (primary N) is 1. The van der Waals surface area contributed by atoms with E-state index in [0.717, 1.165) is 36.0 Å². The highest BCUT2D eigenvalue weighted by Gasteiger charge is 2.24. The molecule has 1 aromatic carbocycles. The summed E-state index contributed by atoms with van der Waals surface area (Å²) in [4.78, 5) is 8.38. The van der Waals surface area contributed by atoms with Crippen molar-refractivity contribution in [2.24, 2.45) is 0 Å². The fraction of sp³-hybridized carbons (Fsp3) is 0.471. The largest absolute Gasteiger partial charge is 0.870 e. The summed E-state index contributed by atoms with van der Waals surface area (Å²) >= 11 is 0. The molecule has 0 aliphatic rings. The molecular formula is C17H27N5O5S. The van der Waals surface area contributed by atoms with E-state index in [2.05, 4.69) is 26.5 Å². The minimum absolute atomic E-state index is 0. The van der Waals surface area contributed by atoms with Gasteiger partial charge in [-0.1, -0.05) is 60.1 Å². The van der Waals surface area contributed by atoms with E-state index in [1.165, 1.54) is 0 Å². The smallest absolute Gasteiger partial charge is 0.474 e. The molecular weight excluding hydrogens is 386 g/mol. The highest BCUT2D eigenvalue weighted by atomic mass is 32.3. The van der Waals surface area contributed by atoms with Gasteiger partial charge in [0.25, 0.3) is 5.82 Å². The van der Waals surface area contributed by atoms with Crippen molar-refractivity contribution < 1.29 is 27.5 Å². The number of unbranched alkanes of at least 4 members (excludes halogenated alkanes) is 2. The zero-order valence-corrected chi connectivity index (χ0v) is 16.8. The molecule has 1 unspecified atom stereocenters. The van der Waals surface area contributed by atoms with Crippen molar-refractivity contribution in [3.63, 3.8) is 0 Å². The normalized spacial score (nSPS) is 12.1. The molecule has 0 spiro atoms. The van der Waals surface area contributed by atoms with E-state index in [9.17, 15) is 8.42 Å². The Morgan fingerprint density at radius 1 is 1.25 bits per heavy atom. The highest BCUT2D eigenvalue weighted by molar-refractivity contribution is 7.80. The molecule has 0 amide bonds. The number of hydrogen-bond donors (Lipinski definition) is 3. The van der Waals surface area contributed by atoms with Gasteiger partial charge in [-0.25, -0.2) is 4.28 Å². The monoisotopic (exact) mass is 413 g/mol. The lowest BCUT2D eigenvalue weighted by atomic mass is 10.1. The lowest BCUT2D eigenvalue weighted by molar-refractivity contribution is -0.854. The standard InChI is InChI=1S/C17H25N5O4S.H2O/c1-3-4-6-11-15-20-17(21-16(18)22(15)26-27(23,24)25)19-13(2)12-14-9-7-5-8-10-14;/h5,7-10,13H,3-4,6,11-12H2,1-2H3,(H3,18,19,21,23,24,25);1H2. The van der Waals surface area contributed by atoms with Crippen molar-refractivity contribution in [3.8, 4) is 0 Å². The van der Waals surface area contributed by atoms with Crippen molar-refractivity contribution in [2.75, 3.05) is 11.1 Å².